The predicted molar refractivity (Wildman–Crippen MR) is 269 cm³/mol. The summed E-state index contributed by atoms with van der Waals surface area (Å²) < 4.78 is 132. The number of hydrogen-bond donors (Lipinski definition) is 2. The van der Waals surface area contributed by atoms with Gasteiger partial charge in [0.25, 0.3) is 25.8 Å². The van der Waals surface area contributed by atoms with Crippen molar-refractivity contribution in [2.45, 2.75) is 45.6 Å². The molecule has 2 aliphatic rings. The van der Waals surface area contributed by atoms with Gasteiger partial charge < -0.3 is 15.0 Å². The predicted octanol–water partition coefficient (Wildman–Crippen LogP) is 9.35. The number of aromatic nitrogens is 1. The molecule has 9 rings (SSSR count). The highest BCUT2D eigenvalue weighted by atomic mass is 35.5. The van der Waals surface area contributed by atoms with Gasteiger partial charge >= 0.3 is 5.51 Å². The second kappa shape index (κ2) is 20.5. The maximum Gasteiger partial charge on any atom is 0.501 e. The molecule has 6 aromatic carbocycles. The van der Waals surface area contributed by atoms with Gasteiger partial charge in [0.15, 0.2) is 0 Å². The van der Waals surface area contributed by atoms with Gasteiger partial charge in [0, 0.05) is 74.1 Å². The Labute approximate surface area is 420 Å². The summed E-state index contributed by atoms with van der Waals surface area (Å²) in [4.78, 5) is 20.2. The van der Waals surface area contributed by atoms with Crippen molar-refractivity contribution >= 4 is 69.7 Å². The third kappa shape index (κ3) is 10.8. The van der Waals surface area contributed by atoms with Crippen molar-refractivity contribution in [1.82, 2.24) is 18.9 Å². The van der Waals surface area contributed by atoms with E-state index in [-0.39, 0.29) is 47.7 Å². The normalized spacial score (nSPS) is 15.6. The minimum Gasteiger partial charge on any atom is -0.457 e. The molecule has 1 aromatic heterocycles. The summed E-state index contributed by atoms with van der Waals surface area (Å²) >= 11 is 6.13. The standard InChI is InChI=1S/C51H46ClF3N6O8S3/c52-38-16-14-35(15-17-38)43-10-2-1-7-37(43)34-59-29-31-60(32-30-59)40-18-20-41(21-19-40)69-46-12-4-3-11-44(46)50(62)58-71(65,66)42-22-23-45(48(33-42)70(63,64)51(53,54)55)57-39-24-27-61(28-25-39)72(67,68)47-13-5-8-36-9-6-26-56-49(36)47/h1-23,26,33,39,57H,24-25,27-32,34H2,(H,58,62). The van der Waals surface area contributed by atoms with Crippen LogP contribution in [-0.2, 0) is 36.4 Å². The first-order valence-electron chi connectivity index (χ1n) is 22.7. The monoisotopic (exact) mass is 1060 g/mol. The molecule has 7 aromatic rings. The van der Waals surface area contributed by atoms with E-state index in [0.717, 1.165) is 61.7 Å². The number of alkyl halides is 3. The lowest BCUT2D eigenvalue weighted by Crippen LogP contribution is -2.46. The molecule has 0 radical (unpaired) electrons. The summed E-state index contributed by atoms with van der Waals surface area (Å²) in [7, 11) is -15.2. The highest BCUT2D eigenvalue weighted by Gasteiger charge is 2.48. The van der Waals surface area contributed by atoms with Crippen LogP contribution in [0.5, 0.6) is 11.5 Å². The van der Waals surface area contributed by atoms with Crippen molar-refractivity contribution in [2.24, 2.45) is 0 Å². The zero-order valence-electron chi connectivity index (χ0n) is 38.2. The van der Waals surface area contributed by atoms with Gasteiger partial charge in [-0.05, 0) is 108 Å². The molecule has 72 heavy (non-hydrogen) atoms. The topological polar surface area (TPSA) is 175 Å². The average Bonchev–Trinajstić information content (AvgIpc) is 3.37. The Hall–Kier alpha value is -6.55. The number of sulfone groups is 1. The van der Waals surface area contributed by atoms with Crippen LogP contribution in [0, 0.1) is 0 Å². The number of nitrogens with zero attached hydrogens (tertiary/aromatic N) is 4. The fourth-order valence-corrected chi connectivity index (χ4v) is 12.6. The van der Waals surface area contributed by atoms with E-state index in [1.165, 1.54) is 40.3 Å². The number of anilines is 2. The zero-order valence-corrected chi connectivity index (χ0v) is 41.4. The second-order valence-electron chi connectivity index (χ2n) is 17.2. The molecule has 2 aliphatic heterocycles. The molecule has 14 nitrogen and oxygen atoms in total. The fourth-order valence-electron chi connectivity index (χ4n) is 8.83. The number of piperidine rings is 1. The van der Waals surface area contributed by atoms with Gasteiger partial charge in [-0.3, -0.25) is 14.7 Å². The first-order valence-corrected chi connectivity index (χ1v) is 27.5. The summed E-state index contributed by atoms with van der Waals surface area (Å²) in [6.45, 7) is 3.82. The molecule has 2 N–H and O–H groups in total. The SMILES string of the molecule is O=C(NS(=O)(=O)c1ccc(NC2CCN(S(=O)(=O)c3cccc4cccnc34)CC2)c(S(=O)(=O)C(F)(F)F)c1)c1ccccc1Oc1ccc(N2CCN(Cc3ccccc3-c3ccc(Cl)cc3)CC2)cc1. The van der Waals surface area contributed by atoms with Gasteiger partial charge in [0.1, 0.15) is 21.3 Å². The van der Waals surface area contributed by atoms with Crippen molar-refractivity contribution in [3.8, 4) is 22.6 Å². The van der Waals surface area contributed by atoms with E-state index >= 15 is 0 Å². The number of fused-ring (bicyclic) bond motifs is 1. The molecule has 374 valence electrons. The van der Waals surface area contributed by atoms with Crippen LogP contribution < -0.4 is 19.7 Å². The zero-order chi connectivity index (χ0) is 50.8. The van der Waals surface area contributed by atoms with Crippen LogP contribution in [0.15, 0.2) is 166 Å². The van der Waals surface area contributed by atoms with E-state index in [1.54, 1.807) is 42.5 Å². The third-order valence-electron chi connectivity index (χ3n) is 12.6. The quantitative estimate of drug-likeness (QED) is 0.106. The van der Waals surface area contributed by atoms with Crippen molar-refractivity contribution in [3.63, 3.8) is 0 Å². The molecule has 2 saturated heterocycles. The first kappa shape index (κ1) is 50.4. The number of carbonyl (C=O) groups is 1. The van der Waals surface area contributed by atoms with Crippen LogP contribution in [0.2, 0.25) is 5.02 Å². The number of para-hydroxylation sites is 2. The van der Waals surface area contributed by atoms with Crippen molar-refractivity contribution < 1.29 is 48.0 Å². The van der Waals surface area contributed by atoms with Crippen molar-refractivity contribution in [2.75, 3.05) is 49.5 Å². The number of hydrogen-bond acceptors (Lipinski definition) is 12. The van der Waals surface area contributed by atoms with Crippen LogP contribution in [0.3, 0.4) is 0 Å². The Bertz CT molecular complexity index is 3480. The van der Waals surface area contributed by atoms with Crippen LogP contribution in [0.25, 0.3) is 22.0 Å². The summed E-state index contributed by atoms with van der Waals surface area (Å²) in [5.41, 5.74) is -1.94. The van der Waals surface area contributed by atoms with E-state index in [2.05, 4.69) is 32.2 Å². The van der Waals surface area contributed by atoms with Crippen LogP contribution >= 0.6 is 11.6 Å². The van der Waals surface area contributed by atoms with Gasteiger partial charge in [-0.25, -0.2) is 30.0 Å². The lowest BCUT2D eigenvalue weighted by Gasteiger charge is -2.36. The number of nitrogens with one attached hydrogen (secondary N) is 2. The molecule has 21 heteroatoms. The molecule has 2 fully saturated rings. The van der Waals surface area contributed by atoms with E-state index < -0.39 is 62.8 Å². The molecular formula is C51H46ClF3N6O8S3. The smallest absolute Gasteiger partial charge is 0.457 e. The van der Waals surface area contributed by atoms with Crippen LogP contribution in [0.4, 0.5) is 24.5 Å². The number of halogens is 4. The molecule has 3 heterocycles. The van der Waals surface area contributed by atoms with Crippen molar-refractivity contribution in [3.05, 3.63) is 168 Å². The lowest BCUT2D eigenvalue weighted by atomic mass is 9.99. The van der Waals surface area contributed by atoms with Crippen LogP contribution in [0.1, 0.15) is 28.8 Å². The number of piperazine rings is 1. The van der Waals surface area contributed by atoms with Gasteiger partial charge in [0.2, 0.25) is 10.0 Å². The van der Waals surface area contributed by atoms with E-state index in [0.29, 0.717) is 22.2 Å². The van der Waals surface area contributed by atoms with Gasteiger partial charge in [0.05, 0.1) is 21.7 Å². The van der Waals surface area contributed by atoms with E-state index in [4.69, 9.17) is 16.3 Å². The molecule has 0 unspecified atom stereocenters. The minimum atomic E-state index is -6.17. The van der Waals surface area contributed by atoms with Gasteiger partial charge in [-0.15, -0.1) is 0 Å². The van der Waals surface area contributed by atoms with Crippen LogP contribution in [-0.4, -0.2) is 96.2 Å². The molecule has 0 aliphatic carbocycles. The van der Waals surface area contributed by atoms with E-state index in [1.807, 2.05) is 53.3 Å². The number of sulfonamides is 2. The number of carbonyl (C=O) groups excluding carboxylic acids is 1. The Morgan fingerprint density at radius 2 is 1.40 bits per heavy atom. The maximum absolute atomic E-state index is 14.1. The van der Waals surface area contributed by atoms with Gasteiger partial charge in [-0.2, -0.15) is 17.5 Å². The number of amides is 1. The highest BCUT2D eigenvalue weighted by molar-refractivity contribution is 7.92. The molecule has 0 atom stereocenters. The average molecular weight is 1060 g/mol. The Morgan fingerprint density at radius 1 is 0.722 bits per heavy atom. The highest BCUT2D eigenvalue weighted by Crippen LogP contribution is 2.38. The minimum absolute atomic E-state index is 0.0120. The number of benzene rings is 6. The summed E-state index contributed by atoms with van der Waals surface area (Å²) in [5, 5.41) is 4.06. The molecule has 0 saturated carbocycles. The number of pyridine rings is 1. The summed E-state index contributed by atoms with van der Waals surface area (Å²) in [6.07, 6.45) is 1.59. The maximum atomic E-state index is 14.1. The molecule has 0 bridgehead atoms. The third-order valence-corrected chi connectivity index (χ3v) is 17.6. The largest absolute Gasteiger partial charge is 0.501 e. The number of ether oxygens (including phenoxy) is 1. The lowest BCUT2D eigenvalue weighted by molar-refractivity contribution is -0.0436. The number of rotatable bonds is 14. The first-order chi connectivity index (χ1) is 34.4. The molecule has 1 amide bonds. The molecular weight excluding hydrogens is 1010 g/mol. The Kier molecular flexibility index (Phi) is 14.4. The summed E-state index contributed by atoms with van der Waals surface area (Å²) in [5.74, 6) is -0.893. The summed E-state index contributed by atoms with van der Waals surface area (Å²) in [6, 6.07) is 38.5. The van der Waals surface area contributed by atoms with E-state index in [9.17, 15) is 43.2 Å². The Balaban J connectivity index is 0.843. The fraction of sp³-hybridized carbons (Fsp3) is 0.216. The molecule has 0 spiro atoms. The van der Waals surface area contributed by atoms with Crippen molar-refractivity contribution in [1.29, 1.82) is 0 Å². The Morgan fingerprint density at radius 3 is 2.12 bits per heavy atom. The second-order valence-corrected chi connectivity index (χ2v) is 23.1. The van der Waals surface area contributed by atoms with Gasteiger partial charge in [-0.1, -0.05) is 78.3 Å².